The molecule has 0 radical (unpaired) electrons. The molecular weight excluding hydrogens is 272 g/mol. The quantitative estimate of drug-likeness (QED) is 0.650. The highest BCUT2D eigenvalue weighted by atomic mass is 16.6. The first-order valence-electron chi connectivity index (χ1n) is 6.28. The molecule has 0 amide bonds. The third-order valence-corrected chi connectivity index (χ3v) is 3.03. The van der Waals surface area contributed by atoms with Crippen molar-refractivity contribution < 1.29 is 14.8 Å². The van der Waals surface area contributed by atoms with E-state index in [0.29, 0.717) is 12.2 Å². The number of anilines is 1. The zero-order valence-corrected chi connectivity index (χ0v) is 11.4. The molecule has 0 aliphatic carbocycles. The second-order valence-electron chi connectivity index (χ2n) is 4.63. The lowest BCUT2D eigenvalue weighted by atomic mass is 10.1. The maximum Gasteiger partial charge on any atom is 0.335 e. The SMILES string of the molecule is Cc1ccc(NCc2ccc(C(=O)O)cc2)c([N+](=O)[O-])c1. The summed E-state index contributed by atoms with van der Waals surface area (Å²) < 4.78 is 0. The van der Waals surface area contributed by atoms with Crippen molar-refractivity contribution in [3.63, 3.8) is 0 Å². The normalized spacial score (nSPS) is 10.1. The minimum atomic E-state index is -0.983. The van der Waals surface area contributed by atoms with Crippen LogP contribution in [0.4, 0.5) is 11.4 Å². The van der Waals surface area contributed by atoms with E-state index in [1.54, 1.807) is 31.2 Å². The first-order valence-corrected chi connectivity index (χ1v) is 6.28. The Morgan fingerprint density at radius 3 is 2.48 bits per heavy atom. The van der Waals surface area contributed by atoms with E-state index < -0.39 is 10.9 Å². The maximum atomic E-state index is 11.0. The molecule has 0 spiro atoms. The number of aromatic carboxylic acids is 1. The van der Waals surface area contributed by atoms with Gasteiger partial charge in [-0.2, -0.15) is 0 Å². The summed E-state index contributed by atoms with van der Waals surface area (Å²) in [5, 5.41) is 22.8. The summed E-state index contributed by atoms with van der Waals surface area (Å²) >= 11 is 0. The van der Waals surface area contributed by atoms with Gasteiger partial charge in [0.1, 0.15) is 5.69 Å². The van der Waals surface area contributed by atoms with Gasteiger partial charge >= 0.3 is 5.97 Å². The Kier molecular flexibility index (Phi) is 4.18. The van der Waals surface area contributed by atoms with Gasteiger partial charge in [-0.15, -0.1) is 0 Å². The van der Waals surface area contributed by atoms with E-state index in [1.165, 1.54) is 18.2 Å². The van der Waals surface area contributed by atoms with Gasteiger partial charge in [-0.25, -0.2) is 4.79 Å². The lowest BCUT2D eigenvalue weighted by molar-refractivity contribution is -0.384. The van der Waals surface area contributed by atoms with Crippen LogP contribution in [0.1, 0.15) is 21.5 Å². The Morgan fingerprint density at radius 1 is 1.24 bits per heavy atom. The number of hydrogen-bond donors (Lipinski definition) is 2. The maximum absolute atomic E-state index is 11.0. The van der Waals surface area contributed by atoms with Crippen molar-refractivity contribution in [1.82, 2.24) is 0 Å². The van der Waals surface area contributed by atoms with E-state index in [0.717, 1.165) is 11.1 Å². The van der Waals surface area contributed by atoms with E-state index in [9.17, 15) is 14.9 Å². The molecule has 2 aromatic rings. The minimum absolute atomic E-state index is 0.0251. The lowest BCUT2D eigenvalue weighted by Crippen LogP contribution is -2.03. The summed E-state index contributed by atoms with van der Waals surface area (Å²) in [6.45, 7) is 2.17. The number of carboxylic acids is 1. The van der Waals surface area contributed by atoms with E-state index in [1.807, 2.05) is 0 Å². The predicted molar refractivity (Wildman–Crippen MR) is 78.6 cm³/mol. The standard InChI is InChI=1S/C15H14N2O4/c1-10-2-7-13(14(8-10)17(20)21)16-9-11-3-5-12(6-4-11)15(18)19/h2-8,16H,9H2,1H3,(H,18,19). The number of aryl methyl sites for hydroxylation is 1. The van der Waals surface area contributed by atoms with E-state index >= 15 is 0 Å². The molecule has 0 atom stereocenters. The van der Waals surface area contributed by atoms with Gasteiger partial charge in [0.2, 0.25) is 0 Å². The second-order valence-corrected chi connectivity index (χ2v) is 4.63. The van der Waals surface area contributed by atoms with E-state index in [-0.39, 0.29) is 11.3 Å². The summed E-state index contributed by atoms with van der Waals surface area (Å²) in [6.07, 6.45) is 0. The van der Waals surface area contributed by atoms with Crippen molar-refractivity contribution in [2.45, 2.75) is 13.5 Å². The molecule has 108 valence electrons. The summed E-state index contributed by atoms with van der Waals surface area (Å²) in [5.74, 6) is -0.983. The molecule has 2 aromatic carbocycles. The predicted octanol–water partition coefficient (Wildman–Crippen LogP) is 3.21. The zero-order valence-electron chi connectivity index (χ0n) is 11.4. The lowest BCUT2D eigenvalue weighted by Gasteiger charge is -2.08. The van der Waals surface area contributed by atoms with Crippen molar-refractivity contribution in [2.24, 2.45) is 0 Å². The zero-order chi connectivity index (χ0) is 15.4. The van der Waals surface area contributed by atoms with Gasteiger partial charge in [0.05, 0.1) is 10.5 Å². The van der Waals surface area contributed by atoms with Crippen LogP contribution in [-0.4, -0.2) is 16.0 Å². The van der Waals surface area contributed by atoms with E-state index in [4.69, 9.17) is 5.11 Å². The van der Waals surface area contributed by atoms with Crippen molar-refractivity contribution in [1.29, 1.82) is 0 Å². The summed E-state index contributed by atoms with van der Waals surface area (Å²) in [5.41, 5.74) is 2.33. The molecule has 0 aromatic heterocycles. The molecule has 2 N–H and O–H groups in total. The van der Waals surface area contributed by atoms with Gasteiger partial charge in [0, 0.05) is 12.6 Å². The third-order valence-electron chi connectivity index (χ3n) is 3.03. The average Bonchev–Trinajstić information content (AvgIpc) is 2.46. The van der Waals surface area contributed by atoms with Crippen molar-refractivity contribution in [3.8, 4) is 0 Å². The van der Waals surface area contributed by atoms with Crippen LogP contribution in [0.2, 0.25) is 0 Å². The monoisotopic (exact) mass is 286 g/mol. The van der Waals surface area contributed by atoms with Crippen molar-refractivity contribution >= 4 is 17.3 Å². The molecule has 0 aliphatic rings. The molecule has 0 heterocycles. The number of nitrogens with one attached hydrogen (secondary N) is 1. The molecular formula is C15H14N2O4. The van der Waals surface area contributed by atoms with Gasteiger partial charge in [-0.3, -0.25) is 10.1 Å². The van der Waals surface area contributed by atoms with Crippen molar-refractivity contribution in [2.75, 3.05) is 5.32 Å². The highest BCUT2D eigenvalue weighted by Gasteiger charge is 2.13. The Morgan fingerprint density at radius 2 is 1.90 bits per heavy atom. The molecule has 0 fully saturated rings. The topological polar surface area (TPSA) is 92.5 Å². The van der Waals surface area contributed by atoms with Crippen LogP contribution >= 0.6 is 0 Å². The second kappa shape index (κ2) is 6.04. The van der Waals surface area contributed by atoms with Gasteiger partial charge < -0.3 is 10.4 Å². The van der Waals surface area contributed by atoms with Crippen molar-refractivity contribution in [3.05, 3.63) is 69.3 Å². The van der Waals surface area contributed by atoms with Crippen LogP contribution < -0.4 is 5.32 Å². The fourth-order valence-corrected chi connectivity index (χ4v) is 1.90. The number of nitrogens with zero attached hydrogens (tertiary/aromatic N) is 1. The largest absolute Gasteiger partial charge is 0.478 e. The van der Waals surface area contributed by atoms with Gasteiger partial charge in [0.15, 0.2) is 0 Å². The number of benzene rings is 2. The Labute approximate surface area is 121 Å². The van der Waals surface area contributed by atoms with Crippen LogP contribution in [-0.2, 0) is 6.54 Å². The molecule has 6 heteroatoms. The summed E-state index contributed by atoms with van der Waals surface area (Å²) in [6, 6.07) is 11.3. The molecule has 6 nitrogen and oxygen atoms in total. The summed E-state index contributed by atoms with van der Waals surface area (Å²) in [4.78, 5) is 21.3. The number of carbonyl (C=O) groups is 1. The molecule has 0 saturated heterocycles. The fourth-order valence-electron chi connectivity index (χ4n) is 1.90. The number of nitro groups is 1. The Hall–Kier alpha value is -2.89. The molecule has 0 unspecified atom stereocenters. The summed E-state index contributed by atoms with van der Waals surface area (Å²) in [7, 11) is 0. The van der Waals surface area contributed by atoms with Crippen LogP contribution in [0.5, 0.6) is 0 Å². The fraction of sp³-hybridized carbons (Fsp3) is 0.133. The average molecular weight is 286 g/mol. The number of rotatable bonds is 5. The minimum Gasteiger partial charge on any atom is -0.478 e. The smallest absolute Gasteiger partial charge is 0.335 e. The van der Waals surface area contributed by atoms with Gasteiger partial charge in [-0.1, -0.05) is 18.2 Å². The van der Waals surface area contributed by atoms with E-state index in [2.05, 4.69) is 5.32 Å². The highest BCUT2D eigenvalue weighted by Crippen LogP contribution is 2.25. The third kappa shape index (κ3) is 3.56. The molecule has 0 aliphatic heterocycles. The van der Waals surface area contributed by atoms with Crippen LogP contribution in [0.3, 0.4) is 0 Å². The van der Waals surface area contributed by atoms with Gasteiger partial charge in [0.25, 0.3) is 5.69 Å². The number of hydrogen-bond acceptors (Lipinski definition) is 4. The molecule has 2 rings (SSSR count). The number of carboxylic acid groups (broad SMARTS) is 1. The molecule has 0 bridgehead atoms. The first-order chi connectivity index (χ1) is 9.97. The first kappa shape index (κ1) is 14.5. The Bertz CT molecular complexity index is 681. The highest BCUT2D eigenvalue weighted by molar-refractivity contribution is 5.87. The Balaban J connectivity index is 2.13. The molecule has 0 saturated carbocycles. The number of nitro benzene ring substituents is 1. The molecule has 21 heavy (non-hydrogen) atoms. The van der Waals surface area contributed by atoms with Crippen LogP contribution in [0.25, 0.3) is 0 Å². The van der Waals surface area contributed by atoms with Crippen LogP contribution in [0, 0.1) is 17.0 Å². The van der Waals surface area contributed by atoms with Gasteiger partial charge in [-0.05, 0) is 36.2 Å². The van der Waals surface area contributed by atoms with Crippen LogP contribution in [0.15, 0.2) is 42.5 Å².